The van der Waals surface area contributed by atoms with Gasteiger partial charge in [0, 0.05) is 23.5 Å². The van der Waals surface area contributed by atoms with Crippen LogP contribution in [0.25, 0.3) is 6.08 Å². The summed E-state index contributed by atoms with van der Waals surface area (Å²) in [6, 6.07) is 11.1. The Morgan fingerprint density at radius 3 is 2.57 bits per heavy atom. The molecule has 0 spiro atoms. The van der Waals surface area contributed by atoms with Gasteiger partial charge in [0.2, 0.25) is 0 Å². The van der Waals surface area contributed by atoms with E-state index < -0.39 is 0 Å². The van der Waals surface area contributed by atoms with E-state index >= 15 is 0 Å². The lowest BCUT2D eigenvalue weighted by Gasteiger charge is -2.13. The number of rotatable bonds is 3. The first-order chi connectivity index (χ1) is 11.0. The van der Waals surface area contributed by atoms with Crippen LogP contribution >= 0.6 is 23.4 Å². The van der Waals surface area contributed by atoms with Crippen LogP contribution in [-0.4, -0.2) is 20.6 Å². The molecule has 0 aliphatic carbocycles. The number of aryl methyl sites for hydroxylation is 1. The Kier molecular flexibility index (Phi) is 4.33. The molecule has 118 valence electrons. The Hall–Kier alpha value is -1.98. The third-order valence-electron chi connectivity index (χ3n) is 3.85. The summed E-state index contributed by atoms with van der Waals surface area (Å²) in [6.45, 7) is 2.17. The van der Waals surface area contributed by atoms with Gasteiger partial charge >= 0.3 is 0 Å². The quantitative estimate of drug-likeness (QED) is 0.781. The smallest absolute Gasteiger partial charge is 0.293 e. The molecule has 6 heteroatoms. The SMILES string of the molecule is Cc1ccc(/C=C2\SC(=O)N(Cc3ccccc3Cl)C2=O)n1C. The van der Waals surface area contributed by atoms with Gasteiger partial charge in [-0.15, -0.1) is 0 Å². The van der Waals surface area contributed by atoms with Crippen LogP contribution in [0.1, 0.15) is 17.0 Å². The summed E-state index contributed by atoms with van der Waals surface area (Å²) >= 11 is 7.08. The Labute approximate surface area is 143 Å². The van der Waals surface area contributed by atoms with Gasteiger partial charge in [0.25, 0.3) is 11.1 Å². The van der Waals surface area contributed by atoms with Gasteiger partial charge in [-0.2, -0.15) is 0 Å². The monoisotopic (exact) mass is 346 g/mol. The van der Waals surface area contributed by atoms with Crippen molar-refractivity contribution in [2.24, 2.45) is 7.05 Å². The summed E-state index contributed by atoms with van der Waals surface area (Å²) < 4.78 is 1.97. The second kappa shape index (κ2) is 6.26. The van der Waals surface area contributed by atoms with E-state index in [1.54, 1.807) is 12.1 Å². The average molecular weight is 347 g/mol. The Bertz CT molecular complexity index is 826. The highest BCUT2D eigenvalue weighted by Gasteiger charge is 2.35. The summed E-state index contributed by atoms with van der Waals surface area (Å²) in [5.41, 5.74) is 2.74. The molecule has 0 N–H and O–H groups in total. The van der Waals surface area contributed by atoms with E-state index in [0.29, 0.717) is 9.93 Å². The van der Waals surface area contributed by atoms with Crippen molar-refractivity contribution in [1.29, 1.82) is 0 Å². The molecule has 1 aliphatic rings. The number of nitrogens with zero attached hydrogens (tertiary/aromatic N) is 2. The first-order valence-corrected chi connectivity index (χ1v) is 8.28. The molecule has 2 amide bonds. The zero-order chi connectivity index (χ0) is 16.6. The van der Waals surface area contributed by atoms with E-state index in [1.165, 1.54) is 4.90 Å². The van der Waals surface area contributed by atoms with E-state index in [1.807, 2.05) is 48.9 Å². The number of carbonyl (C=O) groups excluding carboxylic acids is 2. The van der Waals surface area contributed by atoms with E-state index in [2.05, 4.69) is 0 Å². The molecule has 1 saturated heterocycles. The maximum Gasteiger partial charge on any atom is 0.293 e. The molecule has 3 rings (SSSR count). The fraction of sp³-hybridized carbons (Fsp3) is 0.176. The first kappa shape index (κ1) is 15.9. The number of halogens is 1. The molecule has 0 atom stereocenters. The van der Waals surface area contributed by atoms with Gasteiger partial charge in [-0.05, 0) is 48.5 Å². The first-order valence-electron chi connectivity index (χ1n) is 7.08. The molecule has 1 aromatic carbocycles. The molecule has 1 fully saturated rings. The second-order valence-electron chi connectivity index (χ2n) is 5.32. The number of hydrogen-bond acceptors (Lipinski definition) is 3. The molecule has 0 unspecified atom stereocenters. The van der Waals surface area contributed by atoms with Crippen molar-refractivity contribution in [1.82, 2.24) is 9.47 Å². The molecule has 23 heavy (non-hydrogen) atoms. The number of thioether (sulfide) groups is 1. The fourth-order valence-electron chi connectivity index (χ4n) is 2.35. The number of aromatic nitrogens is 1. The number of benzene rings is 1. The van der Waals surface area contributed by atoms with E-state index in [4.69, 9.17) is 11.6 Å². The van der Waals surface area contributed by atoms with Gasteiger partial charge < -0.3 is 4.57 Å². The summed E-state index contributed by atoms with van der Waals surface area (Å²) in [7, 11) is 1.93. The van der Waals surface area contributed by atoms with Gasteiger partial charge in [0.15, 0.2) is 0 Å². The number of carbonyl (C=O) groups is 2. The Morgan fingerprint density at radius 2 is 1.91 bits per heavy atom. The van der Waals surface area contributed by atoms with E-state index in [9.17, 15) is 9.59 Å². The molecule has 4 nitrogen and oxygen atoms in total. The Balaban J connectivity index is 1.86. The topological polar surface area (TPSA) is 42.3 Å². The zero-order valence-electron chi connectivity index (χ0n) is 12.7. The predicted molar refractivity (Wildman–Crippen MR) is 93.1 cm³/mol. The molecular formula is C17H15ClN2O2S. The lowest BCUT2D eigenvalue weighted by atomic mass is 10.2. The summed E-state index contributed by atoms with van der Waals surface area (Å²) in [5, 5.41) is 0.278. The van der Waals surface area contributed by atoms with Gasteiger partial charge in [-0.25, -0.2) is 0 Å². The molecule has 2 aromatic rings. The van der Waals surface area contributed by atoms with Gasteiger partial charge in [0.05, 0.1) is 11.4 Å². The van der Waals surface area contributed by atoms with Gasteiger partial charge in [-0.3, -0.25) is 14.5 Å². The van der Waals surface area contributed by atoms with Crippen LogP contribution in [0.2, 0.25) is 5.02 Å². The average Bonchev–Trinajstić information content (AvgIpc) is 2.97. The summed E-state index contributed by atoms with van der Waals surface area (Å²) in [4.78, 5) is 26.3. The summed E-state index contributed by atoms with van der Waals surface area (Å²) in [6.07, 6.45) is 1.75. The van der Waals surface area contributed by atoms with Gasteiger partial charge in [-0.1, -0.05) is 29.8 Å². The van der Waals surface area contributed by atoms with Crippen molar-refractivity contribution in [3.05, 3.63) is 63.3 Å². The molecule has 1 aliphatic heterocycles. The highest BCUT2D eigenvalue weighted by Crippen LogP contribution is 2.34. The molecular weight excluding hydrogens is 332 g/mol. The van der Waals surface area contributed by atoms with Crippen molar-refractivity contribution < 1.29 is 9.59 Å². The van der Waals surface area contributed by atoms with Crippen LogP contribution in [0.15, 0.2) is 41.3 Å². The van der Waals surface area contributed by atoms with Crippen LogP contribution in [0.3, 0.4) is 0 Å². The van der Waals surface area contributed by atoms with Crippen LogP contribution in [-0.2, 0) is 18.4 Å². The van der Waals surface area contributed by atoms with Gasteiger partial charge in [0.1, 0.15) is 0 Å². The lowest BCUT2D eigenvalue weighted by Crippen LogP contribution is -2.27. The zero-order valence-corrected chi connectivity index (χ0v) is 14.3. The highest BCUT2D eigenvalue weighted by molar-refractivity contribution is 8.18. The number of imide groups is 1. The van der Waals surface area contributed by atoms with Crippen LogP contribution in [0, 0.1) is 6.92 Å². The van der Waals surface area contributed by atoms with Crippen LogP contribution in [0.4, 0.5) is 4.79 Å². The van der Waals surface area contributed by atoms with E-state index in [0.717, 1.165) is 28.7 Å². The van der Waals surface area contributed by atoms with E-state index in [-0.39, 0.29) is 17.7 Å². The lowest BCUT2D eigenvalue weighted by molar-refractivity contribution is -0.123. The number of amides is 2. The van der Waals surface area contributed by atoms with Crippen LogP contribution < -0.4 is 0 Å². The molecule has 0 saturated carbocycles. The normalized spacial score (nSPS) is 16.7. The van der Waals surface area contributed by atoms with Crippen molar-refractivity contribution in [3.8, 4) is 0 Å². The molecule has 2 heterocycles. The highest BCUT2D eigenvalue weighted by atomic mass is 35.5. The van der Waals surface area contributed by atoms with Crippen molar-refractivity contribution >= 4 is 40.6 Å². The van der Waals surface area contributed by atoms with Crippen molar-refractivity contribution in [2.45, 2.75) is 13.5 Å². The molecule has 1 aromatic heterocycles. The predicted octanol–water partition coefficient (Wildman–Crippen LogP) is 4.22. The second-order valence-corrected chi connectivity index (χ2v) is 6.72. The largest absolute Gasteiger partial charge is 0.348 e. The third kappa shape index (κ3) is 3.07. The number of hydrogen-bond donors (Lipinski definition) is 0. The van der Waals surface area contributed by atoms with Crippen LogP contribution in [0.5, 0.6) is 0 Å². The van der Waals surface area contributed by atoms with Crippen molar-refractivity contribution in [2.75, 3.05) is 0 Å². The minimum atomic E-state index is -0.279. The molecule has 0 bridgehead atoms. The maximum absolute atomic E-state index is 12.5. The maximum atomic E-state index is 12.5. The summed E-state index contributed by atoms with van der Waals surface area (Å²) in [5.74, 6) is -0.279. The standard InChI is InChI=1S/C17H15ClN2O2S/c1-11-7-8-13(19(11)2)9-15-16(21)20(17(22)23-15)10-12-5-3-4-6-14(12)18/h3-9H,10H2,1-2H3/b15-9-. The minimum absolute atomic E-state index is 0.188. The third-order valence-corrected chi connectivity index (χ3v) is 5.13. The fourth-order valence-corrected chi connectivity index (χ4v) is 3.36. The Morgan fingerprint density at radius 1 is 1.17 bits per heavy atom. The van der Waals surface area contributed by atoms with Crippen molar-refractivity contribution in [3.63, 3.8) is 0 Å². The minimum Gasteiger partial charge on any atom is -0.348 e. The molecule has 0 radical (unpaired) electrons.